The molecule has 0 unspecified atom stereocenters. The van der Waals surface area contributed by atoms with Crippen LogP contribution in [0.5, 0.6) is 11.5 Å². The Kier molecular flexibility index (Phi) is 24.3. The Hall–Kier alpha value is -9.10. The minimum atomic E-state index is -0.953. The molecule has 6 aromatic carbocycles. The molecule has 2 aliphatic carbocycles. The molecule has 101 heavy (non-hydrogen) atoms. The van der Waals surface area contributed by atoms with Crippen molar-refractivity contribution in [2.45, 2.75) is 128 Å². The summed E-state index contributed by atoms with van der Waals surface area (Å²) in [5.41, 5.74) is 14.4. The number of morpholine rings is 2. The monoisotopic (exact) mass is 1370 g/mol. The number of carboxylic acids is 1. The Balaban J connectivity index is 0.000000199. The summed E-state index contributed by atoms with van der Waals surface area (Å²) in [5, 5.41) is 12.0. The first-order chi connectivity index (χ1) is 48.4. The molecule has 14 rings (SSSR count). The van der Waals surface area contributed by atoms with E-state index >= 15 is 0 Å². The summed E-state index contributed by atoms with van der Waals surface area (Å²) in [6, 6.07) is 39.4. The number of methoxy groups -OCH3 is 3. The van der Waals surface area contributed by atoms with Crippen molar-refractivity contribution in [1.29, 1.82) is 0 Å². The van der Waals surface area contributed by atoms with Gasteiger partial charge in [-0.15, -0.1) is 0 Å². The number of anilines is 4. The van der Waals surface area contributed by atoms with E-state index in [-0.39, 0.29) is 61.1 Å². The number of rotatable bonds is 20. The molecule has 2 N–H and O–H groups in total. The van der Waals surface area contributed by atoms with E-state index < -0.39 is 17.9 Å². The normalized spacial score (nSPS) is 16.7. The van der Waals surface area contributed by atoms with Gasteiger partial charge in [0.05, 0.1) is 81.3 Å². The van der Waals surface area contributed by atoms with Crippen LogP contribution in [-0.4, -0.2) is 142 Å². The van der Waals surface area contributed by atoms with Gasteiger partial charge in [0, 0.05) is 96.8 Å². The third kappa shape index (κ3) is 16.2. The Bertz CT molecular complexity index is 4280. The van der Waals surface area contributed by atoms with Crippen molar-refractivity contribution in [3.05, 3.63) is 155 Å². The molecule has 0 radical (unpaired) electrons. The topological polar surface area (TPSA) is 240 Å². The van der Waals surface area contributed by atoms with E-state index in [2.05, 4.69) is 34.1 Å². The summed E-state index contributed by atoms with van der Waals surface area (Å²) >= 11 is 0. The second-order valence-electron chi connectivity index (χ2n) is 26.5. The summed E-state index contributed by atoms with van der Waals surface area (Å²) in [6.45, 7) is 7.76. The second-order valence-corrected chi connectivity index (χ2v) is 26.5. The van der Waals surface area contributed by atoms with Gasteiger partial charge in [-0.2, -0.15) is 0 Å². The van der Waals surface area contributed by atoms with Crippen molar-refractivity contribution in [3.63, 3.8) is 0 Å². The van der Waals surface area contributed by atoms with E-state index in [0.29, 0.717) is 86.5 Å². The molecule has 0 atom stereocenters. The molecule has 4 saturated heterocycles. The molecule has 0 bridgehead atoms. The Morgan fingerprint density at radius 2 is 0.881 bits per heavy atom. The maximum Gasteiger partial charge on any atom is 1.00 e. The Labute approximate surface area is 600 Å². The Morgan fingerprint density at radius 3 is 1.25 bits per heavy atom. The van der Waals surface area contributed by atoms with Gasteiger partial charge in [0.15, 0.2) is 0 Å². The zero-order chi connectivity index (χ0) is 68.5. The number of hydrogen-bond donors (Lipinski definition) is 1. The van der Waals surface area contributed by atoms with Gasteiger partial charge in [0.25, 0.3) is 0 Å². The van der Waals surface area contributed by atoms with Crippen LogP contribution in [0.25, 0.3) is 44.3 Å². The first kappa shape index (κ1) is 73.1. The van der Waals surface area contributed by atoms with Gasteiger partial charge in [-0.1, -0.05) is 50.7 Å². The zero-order valence-electron chi connectivity index (χ0n) is 58.4. The number of carboxylic acid groups (broad SMARTS) is 1. The molecule has 2 amide bonds. The number of benzene rings is 6. The number of amides is 2. The number of carbonyl (C=O) groups is 6. The van der Waals surface area contributed by atoms with Crippen LogP contribution in [0.15, 0.2) is 121 Å². The number of nitrogens with zero attached hydrogens (tertiary/aromatic N) is 6. The van der Waals surface area contributed by atoms with Crippen molar-refractivity contribution >= 4 is 80.2 Å². The second kappa shape index (κ2) is 33.6. The van der Waals surface area contributed by atoms with Gasteiger partial charge in [-0.25, -0.2) is 9.59 Å². The zero-order valence-corrected chi connectivity index (χ0v) is 58.4. The van der Waals surface area contributed by atoms with Crippen LogP contribution in [0.1, 0.15) is 145 Å². The third-order valence-electron chi connectivity index (χ3n) is 20.5. The van der Waals surface area contributed by atoms with Crippen LogP contribution in [0.2, 0.25) is 0 Å². The predicted octanol–water partition coefficient (Wildman–Crippen LogP) is 10.5. The van der Waals surface area contributed by atoms with E-state index in [0.717, 1.165) is 182 Å². The average Bonchev–Trinajstić information content (AvgIpc) is 1.60. The van der Waals surface area contributed by atoms with Crippen molar-refractivity contribution < 1.29 is 91.4 Å². The number of aliphatic carboxylic acids is 1. The van der Waals surface area contributed by atoms with E-state index in [1.54, 1.807) is 12.1 Å². The minimum absolute atomic E-state index is 0. The van der Waals surface area contributed by atoms with Gasteiger partial charge in [0.1, 0.15) is 37.8 Å². The van der Waals surface area contributed by atoms with E-state index in [1.807, 2.05) is 104 Å². The van der Waals surface area contributed by atoms with Crippen LogP contribution in [0, 0.1) is 0 Å². The third-order valence-corrected chi connectivity index (χ3v) is 20.5. The summed E-state index contributed by atoms with van der Waals surface area (Å²) in [4.78, 5) is 83.5. The molecule has 2 saturated carbocycles. The van der Waals surface area contributed by atoms with Gasteiger partial charge in [-0.3, -0.25) is 19.2 Å². The number of ether oxygens (including phenoxy) is 7. The van der Waals surface area contributed by atoms with E-state index in [4.69, 9.17) is 33.2 Å². The molecular formula is C79H89LiN6O15. The fourth-order valence-electron chi connectivity index (χ4n) is 15.6. The van der Waals surface area contributed by atoms with Crippen LogP contribution in [0.4, 0.5) is 22.7 Å². The smallest absolute Gasteiger partial charge is 0.870 e. The molecule has 2 aromatic heterocycles. The fourth-order valence-corrected chi connectivity index (χ4v) is 15.6. The van der Waals surface area contributed by atoms with Crippen molar-refractivity contribution in [1.82, 2.24) is 9.13 Å². The Morgan fingerprint density at radius 1 is 0.475 bits per heavy atom. The summed E-state index contributed by atoms with van der Waals surface area (Å²) in [5.74, 6) is 0.126. The van der Waals surface area contributed by atoms with Crippen LogP contribution >= 0.6 is 0 Å². The molecule has 21 nitrogen and oxygen atoms in total. The number of carbonyl (C=O) groups excluding carboxylic acids is 5. The summed E-state index contributed by atoms with van der Waals surface area (Å²) < 4.78 is 43.0. The van der Waals surface area contributed by atoms with Crippen LogP contribution in [0.3, 0.4) is 0 Å². The first-order valence-electron chi connectivity index (χ1n) is 35.1. The molecule has 6 heterocycles. The molecule has 6 aliphatic rings. The SMILES string of the molecule is COC(=O)Cn1c(-c2ccc(OCc3cc(N4CCCC4=O)ccc3N3CCOCC3)cc2)c(C2CCCCC2)c2ccc(C(=O)OC)cc21.COC(=O)c1ccc2c(C3CCCCC3)c(-c3ccc(OCc4cc(N5CCCC5=O)ccc4N4CCOCC4)cc3)n(CC(=O)O)c2c1.[Li+].[OH-]. The molecule has 4 aliphatic heterocycles. The average molecular weight is 1370 g/mol. The number of aromatic nitrogens is 2. The van der Waals surface area contributed by atoms with Gasteiger partial charge < -0.3 is 72.5 Å². The molecule has 22 heteroatoms. The quantitative estimate of drug-likeness (QED) is 0.0424. The van der Waals surface area contributed by atoms with Crippen molar-refractivity contribution in [3.8, 4) is 34.0 Å². The molecule has 6 fully saturated rings. The van der Waals surface area contributed by atoms with E-state index in [9.17, 15) is 33.9 Å². The van der Waals surface area contributed by atoms with E-state index in [1.165, 1.54) is 39.7 Å². The minimum Gasteiger partial charge on any atom is -0.870 e. The van der Waals surface area contributed by atoms with Gasteiger partial charge in [0.2, 0.25) is 11.8 Å². The van der Waals surface area contributed by atoms with Crippen molar-refractivity contribution in [2.24, 2.45) is 0 Å². The standard InChI is InChI=1S/C40H45N3O7.C39H43N3O7.Li.H2O/c1-47-37(45)25-43-35-24-29(40(46)48-2)12-16-33(35)38(27-7-4-3-5-8-27)39(43)28-10-14-32(15-11-28)50-26-30-23-31(42-18-6-9-36(42)44)13-17-34(30)41-19-21-49-22-20-41;1-47-39(46)28-11-15-32-34(23-28)42(24-36(44)45)38(37(32)26-6-3-2-4-7-26)27-9-13-31(14-10-27)49-25-29-22-30(41-17-5-8-35(41)43)12-16-33(29)40-18-20-48-21-19-40;;/h10-17,23-24,27H,3-9,18-22,25-26H2,1-2H3;9-16,22-23,26H,2-8,17-21,24-25H2,1H3,(H,44,45);;1H2/q;;+1;/p-1. The van der Waals surface area contributed by atoms with Gasteiger partial charge >= 0.3 is 42.7 Å². The molecule has 526 valence electrons. The maximum atomic E-state index is 12.8. The first-order valence-corrected chi connectivity index (χ1v) is 35.1. The number of hydrogen-bond acceptors (Lipinski definition) is 16. The van der Waals surface area contributed by atoms with Crippen molar-refractivity contribution in [2.75, 3.05) is 107 Å². The van der Waals surface area contributed by atoms with Gasteiger partial charge in [-0.05, 0) is 182 Å². The number of esters is 3. The van der Waals surface area contributed by atoms with Crippen LogP contribution in [-0.2, 0) is 69.2 Å². The predicted molar refractivity (Wildman–Crippen MR) is 381 cm³/mol. The molecule has 0 spiro atoms. The summed E-state index contributed by atoms with van der Waals surface area (Å²) in [7, 11) is 4.11. The van der Waals surface area contributed by atoms with Crippen LogP contribution < -0.4 is 47.9 Å². The largest absolute Gasteiger partial charge is 1.00 e. The molecular weight excluding hydrogens is 1280 g/mol. The number of fused-ring (bicyclic) bond motifs is 2. The fraction of sp³-hybridized carbons (Fsp3) is 0.418. The summed E-state index contributed by atoms with van der Waals surface area (Å²) in [6.07, 6.45) is 14.1. The maximum absolute atomic E-state index is 12.8. The molecule has 8 aromatic rings.